The first-order chi connectivity index (χ1) is 8.85. The Balaban J connectivity index is 1.93. The van der Waals surface area contributed by atoms with Gasteiger partial charge in [-0.05, 0) is 53.2 Å². The Morgan fingerprint density at radius 2 is 1.89 bits per heavy atom. The highest BCUT2D eigenvalue weighted by atomic mass is 32.1. The van der Waals surface area contributed by atoms with Crippen LogP contribution in [-0.2, 0) is 0 Å². The molecule has 0 saturated heterocycles. The van der Waals surface area contributed by atoms with E-state index in [4.69, 9.17) is 5.26 Å². The molecule has 0 aliphatic rings. The van der Waals surface area contributed by atoms with Gasteiger partial charge in [0.05, 0.1) is 11.6 Å². The Morgan fingerprint density at radius 1 is 1.00 bits per heavy atom. The van der Waals surface area contributed by atoms with E-state index in [1.807, 2.05) is 18.2 Å². The van der Waals surface area contributed by atoms with Crippen molar-refractivity contribution in [3.8, 4) is 6.07 Å². The molecule has 3 rings (SSSR count). The number of benzene rings is 2. The molecule has 2 aromatic carbocycles. The van der Waals surface area contributed by atoms with E-state index in [2.05, 4.69) is 41.0 Å². The molecule has 0 bridgehead atoms. The minimum Gasteiger partial charge on any atom is -0.355 e. The number of nitrogens with zero attached hydrogens (tertiary/aromatic N) is 1. The molecule has 0 radical (unpaired) electrons. The first-order valence-corrected chi connectivity index (χ1v) is 6.47. The number of thiophene rings is 1. The third-order valence-corrected chi connectivity index (χ3v) is 3.63. The molecule has 0 saturated carbocycles. The van der Waals surface area contributed by atoms with Crippen molar-refractivity contribution in [1.82, 2.24) is 0 Å². The standard InChI is InChI=1S/C15H10N2S/c16-10-11-2-1-3-13(8-11)17-14-4-5-15-12(9-14)6-7-18-15/h1-9,17H. The number of nitrogens with one attached hydrogen (secondary N) is 1. The number of hydrogen-bond acceptors (Lipinski definition) is 3. The highest BCUT2D eigenvalue weighted by molar-refractivity contribution is 7.17. The monoisotopic (exact) mass is 250 g/mol. The smallest absolute Gasteiger partial charge is 0.0992 e. The average Bonchev–Trinajstić information content (AvgIpc) is 2.86. The molecular formula is C15H10N2S. The Hall–Kier alpha value is -2.31. The fourth-order valence-electron chi connectivity index (χ4n) is 1.88. The van der Waals surface area contributed by atoms with Gasteiger partial charge in [0.1, 0.15) is 0 Å². The van der Waals surface area contributed by atoms with Crippen LogP contribution in [0.3, 0.4) is 0 Å². The van der Waals surface area contributed by atoms with Gasteiger partial charge in [-0.25, -0.2) is 0 Å². The Bertz CT molecular complexity index is 737. The molecule has 0 aliphatic heterocycles. The summed E-state index contributed by atoms with van der Waals surface area (Å²) in [6.45, 7) is 0. The Labute approximate surface area is 109 Å². The summed E-state index contributed by atoms with van der Waals surface area (Å²) in [6, 6.07) is 18.0. The Morgan fingerprint density at radius 3 is 2.78 bits per heavy atom. The fraction of sp³-hybridized carbons (Fsp3) is 0. The molecule has 0 amide bonds. The molecule has 3 heteroatoms. The van der Waals surface area contributed by atoms with E-state index < -0.39 is 0 Å². The maximum atomic E-state index is 8.87. The van der Waals surface area contributed by atoms with E-state index in [0.717, 1.165) is 11.4 Å². The summed E-state index contributed by atoms with van der Waals surface area (Å²) in [5.41, 5.74) is 2.64. The topological polar surface area (TPSA) is 35.8 Å². The lowest BCUT2D eigenvalue weighted by molar-refractivity contribution is 1.47. The second-order valence-electron chi connectivity index (χ2n) is 3.99. The van der Waals surface area contributed by atoms with Gasteiger partial charge in [-0.2, -0.15) is 5.26 Å². The molecule has 2 nitrogen and oxygen atoms in total. The summed E-state index contributed by atoms with van der Waals surface area (Å²) in [6.07, 6.45) is 0. The van der Waals surface area contributed by atoms with Crippen LogP contribution in [0.1, 0.15) is 5.56 Å². The molecule has 0 fully saturated rings. The molecular weight excluding hydrogens is 240 g/mol. The highest BCUT2D eigenvalue weighted by Gasteiger charge is 1.99. The van der Waals surface area contributed by atoms with Crippen molar-refractivity contribution in [2.75, 3.05) is 5.32 Å². The predicted molar refractivity (Wildman–Crippen MR) is 76.3 cm³/mol. The maximum absolute atomic E-state index is 8.87. The van der Waals surface area contributed by atoms with Crippen molar-refractivity contribution < 1.29 is 0 Å². The molecule has 86 valence electrons. The van der Waals surface area contributed by atoms with Gasteiger partial charge in [0.2, 0.25) is 0 Å². The van der Waals surface area contributed by atoms with Crippen molar-refractivity contribution in [2.45, 2.75) is 0 Å². The minimum absolute atomic E-state index is 0.664. The van der Waals surface area contributed by atoms with E-state index in [1.54, 1.807) is 17.4 Å². The minimum atomic E-state index is 0.664. The van der Waals surface area contributed by atoms with Gasteiger partial charge in [0.25, 0.3) is 0 Å². The summed E-state index contributed by atoms with van der Waals surface area (Å²) in [7, 11) is 0. The zero-order valence-corrected chi connectivity index (χ0v) is 10.4. The molecule has 0 aliphatic carbocycles. The summed E-state index contributed by atoms with van der Waals surface area (Å²) >= 11 is 1.74. The van der Waals surface area contributed by atoms with Crippen LogP contribution in [0.15, 0.2) is 53.9 Å². The quantitative estimate of drug-likeness (QED) is 0.726. The number of nitriles is 1. The van der Waals surface area contributed by atoms with E-state index in [0.29, 0.717) is 5.56 Å². The normalized spacial score (nSPS) is 10.2. The lowest BCUT2D eigenvalue weighted by Crippen LogP contribution is -1.90. The van der Waals surface area contributed by atoms with Crippen LogP contribution in [0, 0.1) is 11.3 Å². The van der Waals surface area contributed by atoms with Crippen LogP contribution in [0.25, 0.3) is 10.1 Å². The first-order valence-electron chi connectivity index (χ1n) is 5.59. The number of anilines is 2. The Kier molecular flexibility index (Phi) is 2.71. The summed E-state index contributed by atoms with van der Waals surface area (Å²) < 4.78 is 1.28. The van der Waals surface area contributed by atoms with E-state index >= 15 is 0 Å². The van der Waals surface area contributed by atoms with Gasteiger partial charge in [-0.3, -0.25) is 0 Å². The molecule has 0 atom stereocenters. The third-order valence-electron chi connectivity index (χ3n) is 2.73. The van der Waals surface area contributed by atoms with Crippen molar-refractivity contribution in [2.24, 2.45) is 0 Å². The van der Waals surface area contributed by atoms with Crippen LogP contribution in [0.5, 0.6) is 0 Å². The second kappa shape index (κ2) is 4.52. The second-order valence-corrected chi connectivity index (χ2v) is 4.94. The molecule has 3 aromatic rings. The molecule has 1 N–H and O–H groups in total. The van der Waals surface area contributed by atoms with Gasteiger partial charge >= 0.3 is 0 Å². The van der Waals surface area contributed by atoms with E-state index in [1.165, 1.54) is 10.1 Å². The highest BCUT2D eigenvalue weighted by Crippen LogP contribution is 2.26. The van der Waals surface area contributed by atoms with Crippen LogP contribution in [0.4, 0.5) is 11.4 Å². The molecule has 18 heavy (non-hydrogen) atoms. The van der Waals surface area contributed by atoms with Gasteiger partial charge in [0, 0.05) is 16.1 Å². The largest absolute Gasteiger partial charge is 0.355 e. The van der Waals surface area contributed by atoms with E-state index in [-0.39, 0.29) is 0 Å². The molecule has 1 heterocycles. The summed E-state index contributed by atoms with van der Waals surface area (Å²) in [5.74, 6) is 0. The predicted octanol–water partition coefficient (Wildman–Crippen LogP) is 4.52. The number of hydrogen-bond donors (Lipinski definition) is 1. The van der Waals surface area contributed by atoms with Crippen LogP contribution >= 0.6 is 11.3 Å². The van der Waals surface area contributed by atoms with Crippen LogP contribution < -0.4 is 5.32 Å². The van der Waals surface area contributed by atoms with Gasteiger partial charge in [0.15, 0.2) is 0 Å². The zero-order valence-electron chi connectivity index (χ0n) is 9.55. The van der Waals surface area contributed by atoms with Crippen molar-refractivity contribution >= 4 is 32.8 Å². The number of rotatable bonds is 2. The van der Waals surface area contributed by atoms with Crippen LogP contribution in [-0.4, -0.2) is 0 Å². The van der Waals surface area contributed by atoms with Gasteiger partial charge in [-0.1, -0.05) is 6.07 Å². The number of fused-ring (bicyclic) bond motifs is 1. The first kappa shape index (κ1) is 10.8. The zero-order chi connectivity index (χ0) is 12.4. The molecule has 1 aromatic heterocycles. The molecule has 0 unspecified atom stereocenters. The fourth-order valence-corrected chi connectivity index (χ4v) is 2.65. The summed E-state index contributed by atoms with van der Waals surface area (Å²) in [5, 5.41) is 15.5. The van der Waals surface area contributed by atoms with Crippen molar-refractivity contribution in [3.63, 3.8) is 0 Å². The van der Waals surface area contributed by atoms with E-state index in [9.17, 15) is 0 Å². The van der Waals surface area contributed by atoms with Gasteiger partial charge in [-0.15, -0.1) is 11.3 Å². The van der Waals surface area contributed by atoms with Crippen LogP contribution in [0.2, 0.25) is 0 Å². The lowest BCUT2D eigenvalue weighted by atomic mass is 10.2. The van der Waals surface area contributed by atoms with Gasteiger partial charge < -0.3 is 5.32 Å². The average molecular weight is 250 g/mol. The lowest BCUT2D eigenvalue weighted by Gasteiger charge is -2.06. The van der Waals surface area contributed by atoms with Crippen molar-refractivity contribution in [1.29, 1.82) is 5.26 Å². The molecule has 0 spiro atoms. The maximum Gasteiger partial charge on any atom is 0.0992 e. The summed E-state index contributed by atoms with van der Waals surface area (Å²) in [4.78, 5) is 0. The SMILES string of the molecule is N#Cc1cccc(Nc2ccc3sccc3c2)c1. The third kappa shape index (κ3) is 2.06. The van der Waals surface area contributed by atoms with Crippen molar-refractivity contribution in [3.05, 3.63) is 59.5 Å².